The highest BCUT2D eigenvalue weighted by atomic mass is 16.5. The largest absolute Gasteiger partial charge is 0.344 e. The van der Waals surface area contributed by atoms with Crippen molar-refractivity contribution in [2.24, 2.45) is 11.3 Å². The van der Waals surface area contributed by atoms with Gasteiger partial charge < -0.3 is 15.2 Å². The first-order valence-corrected chi connectivity index (χ1v) is 7.27. The molecule has 1 aliphatic carbocycles. The Balaban J connectivity index is 1.65. The smallest absolute Gasteiger partial charge is 0.224 e. The van der Waals surface area contributed by atoms with Crippen LogP contribution < -0.4 is 10.6 Å². The molecule has 20 heavy (non-hydrogen) atoms. The molecule has 2 heterocycles. The normalized spacial score (nSPS) is 24.6. The number of nitrogens with one attached hydrogen (secondary N) is 2. The zero-order valence-electron chi connectivity index (χ0n) is 12.3. The molecule has 1 unspecified atom stereocenters. The molecule has 1 saturated carbocycles. The summed E-state index contributed by atoms with van der Waals surface area (Å²) in [6.45, 7) is 7.62. The van der Waals surface area contributed by atoms with Crippen molar-refractivity contribution in [1.29, 1.82) is 0 Å². The van der Waals surface area contributed by atoms with Crippen LogP contribution in [0, 0.1) is 18.3 Å². The van der Waals surface area contributed by atoms with E-state index in [0.717, 1.165) is 32.4 Å². The molecule has 1 aromatic heterocycles. The van der Waals surface area contributed by atoms with Crippen LogP contribution in [0.3, 0.4) is 0 Å². The standard InChI is InChI=1S/C14H22N4O2/c1-9-16-12(18-20-9)13(2,3)17-11(19)10-8-14(10)4-6-15-7-5-14/h10,15H,4-8H2,1-3H3,(H,17,19). The van der Waals surface area contributed by atoms with Crippen molar-refractivity contribution < 1.29 is 9.32 Å². The fraction of sp³-hybridized carbons (Fsp3) is 0.786. The Bertz CT molecular complexity index is 517. The third-order valence-electron chi connectivity index (χ3n) is 4.63. The van der Waals surface area contributed by atoms with Gasteiger partial charge in [-0.2, -0.15) is 4.98 Å². The van der Waals surface area contributed by atoms with Crippen LogP contribution in [0.1, 0.15) is 44.8 Å². The first kappa shape index (κ1) is 13.5. The van der Waals surface area contributed by atoms with Crippen LogP contribution in [0.4, 0.5) is 0 Å². The van der Waals surface area contributed by atoms with E-state index in [1.54, 1.807) is 6.92 Å². The number of rotatable bonds is 3. The van der Waals surface area contributed by atoms with Gasteiger partial charge in [0.1, 0.15) is 0 Å². The number of nitrogens with zero attached hydrogens (tertiary/aromatic N) is 2. The maximum atomic E-state index is 12.5. The van der Waals surface area contributed by atoms with E-state index in [1.165, 1.54) is 0 Å². The third kappa shape index (κ3) is 2.32. The number of amides is 1. The Labute approximate surface area is 118 Å². The minimum atomic E-state index is -0.592. The fourth-order valence-electron chi connectivity index (χ4n) is 3.20. The Kier molecular flexibility index (Phi) is 3.08. The summed E-state index contributed by atoms with van der Waals surface area (Å²) in [5, 5.41) is 10.3. The van der Waals surface area contributed by atoms with Crippen LogP contribution in [0.15, 0.2) is 4.52 Å². The molecule has 0 bridgehead atoms. The number of aryl methyl sites for hydroxylation is 1. The summed E-state index contributed by atoms with van der Waals surface area (Å²) in [6, 6.07) is 0. The topological polar surface area (TPSA) is 80.0 Å². The van der Waals surface area contributed by atoms with Crippen LogP contribution in [-0.2, 0) is 10.3 Å². The van der Waals surface area contributed by atoms with Crippen molar-refractivity contribution in [2.45, 2.75) is 45.6 Å². The number of carbonyl (C=O) groups is 1. The quantitative estimate of drug-likeness (QED) is 0.866. The van der Waals surface area contributed by atoms with Gasteiger partial charge >= 0.3 is 0 Å². The molecule has 1 aliphatic heterocycles. The van der Waals surface area contributed by atoms with Gasteiger partial charge in [-0.05, 0) is 51.6 Å². The van der Waals surface area contributed by atoms with Gasteiger partial charge in [0.2, 0.25) is 11.8 Å². The van der Waals surface area contributed by atoms with Crippen molar-refractivity contribution in [3.05, 3.63) is 11.7 Å². The van der Waals surface area contributed by atoms with E-state index in [2.05, 4.69) is 20.8 Å². The van der Waals surface area contributed by atoms with Crippen molar-refractivity contribution in [1.82, 2.24) is 20.8 Å². The first-order valence-electron chi connectivity index (χ1n) is 7.27. The van der Waals surface area contributed by atoms with Gasteiger partial charge in [0.25, 0.3) is 0 Å². The fourth-order valence-corrected chi connectivity index (χ4v) is 3.20. The Morgan fingerprint density at radius 2 is 2.15 bits per heavy atom. The van der Waals surface area contributed by atoms with Crippen molar-refractivity contribution in [2.75, 3.05) is 13.1 Å². The van der Waals surface area contributed by atoms with Crippen LogP contribution in [-0.4, -0.2) is 29.1 Å². The highest BCUT2D eigenvalue weighted by Gasteiger charge is 2.58. The van der Waals surface area contributed by atoms with E-state index in [0.29, 0.717) is 11.7 Å². The summed E-state index contributed by atoms with van der Waals surface area (Å²) in [7, 11) is 0. The average Bonchev–Trinajstić information content (AvgIpc) is 2.88. The first-order chi connectivity index (χ1) is 9.43. The van der Waals surface area contributed by atoms with Crippen LogP contribution in [0.5, 0.6) is 0 Å². The van der Waals surface area contributed by atoms with E-state index in [-0.39, 0.29) is 17.2 Å². The lowest BCUT2D eigenvalue weighted by Crippen LogP contribution is -2.44. The summed E-state index contributed by atoms with van der Waals surface area (Å²) in [4.78, 5) is 16.7. The maximum Gasteiger partial charge on any atom is 0.224 e. The second kappa shape index (κ2) is 4.55. The summed E-state index contributed by atoms with van der Waals surface area (Å²) in [5.74, 6) is 1.32. The molecular formula is C14H22N4O2. The molecule has 0 radical (unpaired) electrons. The predicted molar refractivity (Wildman–Crippen MR) is 72.8 cm³/mol. The summed E-state index contributed by atoms with van der Waals surface area (Å²) < 4.78 is 5.00. The lowest BCUT2D eigenvalue weighted by atomic mass is 9.91. The van der Waals surface area contributed by atoms with Gasteiger partial charge in [-0.15, -0.1) is 0 Å². The van der Waals surface area contributed by atoms with E-state index < -0.39 is 5.54 Å². The molecule has 1 spiro atoms. The molecule has 1 aromatic rings. The van der Waals surface area contributed by atoms with Gasteiger partial charge in [-0.25, -0.2) is 0 Å². The molecule has 1 saturated heterocycles. The van der Waals surface area contributed by atoms with Crippen molar-refractivity contribution >= 4 is 5.91 Å². The maximum absolute atomic E-state index is 12.5. The molecule has 2 aliphatic rings. The molecule has 110 valence electrons. The van der Waals surface area contributed by atoms with E-state index in [9.17, 15) is 4.79 Å². The van der Waals surface area contributed by atoms with E-state index in [1.807, 2.05) is 13.8 Å². The Morgan fingerprint density at radius 3 is 2.75 bits per heavy atom. The van der Waals surface area contributed by atoms with Gasteiger partial charge in [-0.1, -0.05) is 5.16 Å². The number of carbonyl (C=O) groups excluding carboxylic acids is 1. The SMILES string of the molecule is Cc1nc(C(C)(C)NC(=O)C2CC23CCNCC3)no1. The van der Waals surface area contributed by atoms with Crippen LogP contribution in [0.2, 0.25) is 0 Å². The summed E-state index contributed by atoms with van der Waals surface area (Å²) in [5.41, 5.74) is -0.343. The Morgan fingerprint density at radius 1 is 1.45 bits per heavy atom. The average molecular weight is 278 g/mol. The van der Waals surface area contributed by atoms with Crippen molar-refractivity contribution in [3.8, 4) is 0 Å². The molecule has 3 rings (SSSR count). The summed E-state index contributed by atoms with van der Waals surface area (Å²) >= 11 is 0. The highest BCUT2D eigenvalue weighted by molar-refractivity contribution is 5.83. The number of aromatic nitrogens is 2. The highest BCUT2D eigenvalue weighted by Crippen LogP contribution is 2.58. The van der Waals surface area contributed by atoms with Gasteiger partial charge in [0.05, 0.1) is 5.54 Å². The monoisotopic (exact) mass is 278 g/mol. The lowest BCUT2D eigenvalue weighted by Gasteiger charge is -2.26. The number of piperidine rings is 1. The minimum Gasteiger partial charge on any atom is -0.344 e. The van der Waals surface area contributed by atoms with E-state index in [4.69, 9.17) is 4.52 Å². The van der Waals surface area contributed by atoms with Crippen LogP contribution in [0.25, 0.3) is 0 Å². The van der Waals surface area contributed by atoms with Gasteiger partial charge in [-0.3, -0.25) is 4.79 Å². The predicted octanol–water partition coefficient (Wildman–Crippen LogP) is 1.12. The third-order valence-corrected chi connectivity index (χ3v) is 4.63. The second-order valence-electron chi connectivity index (χ2n) is 6.62. The lowest BCUT2D eigenvalue weighted by molar-refractivity contribution is -0.125. The molecule has 2 N–H and O–H groups in total. The molecule has 6 heteroatoms. The number of hydrogen-bond acceptors (Lipinski definition) is 5. The van der Waals surface area contributed by atoms with Gasteiger partial charge in [0.15, 0.2) is 5.82 Å². The zero-order chi connectivity index (χ0) is 14.4. The van der Waals surface area contributed by atoms with Gasteiger partial charge in [0, 0.05) is 12.8 Å². The van der Waals surface area contributed by atoms with Crippen LogP contribution >= 0.6 is 0 Å². The van der Waals surface area contributed by atoms with Crippen molar-refractivity contribution in [3.63, 3.8) is 0 Å². The summed E-state index contributed by atoms with van der Waals surface area (Å²) in [6.07, 6.45) is 3.22. The molecular weight excluding hydrogens is 256 g/mol. The minimum absolute atomic E-state index is 0.124. The molecule has 1 atom stereocenters. The molecule has 2 fully saturated rings. The molecule has 0 aromatic carbocycles. The number of hydrogen-bond donors (Lipinski definition) is 2. The molecule has 6 nitrogen and oxygen atoms in total. The molecule has 1 amide bonds. The second-order valence-corrected chi connectivity index (χ2v) is 6.62. The Hall–Kier alpha value is -1.43. The zero-order valence-corrected chi connectivity index (χ0v) is 12.3. The van der Waals surface area contributed by atoms with E-state index >= 15 is 0 Å².